The summed E-state index contributed by atoms with van der Waals surface area (Å²) in [6.45, 7) is 6.64. The number of carbonyl (C=O) groups excluding carboxylic acids is 3. The zero-order chi connectivity index (χ0) is 50.0. The molecule has 0 bridgehead atoms. The van der Waals surface area contributed by atoms with Crippen LogP contribution in [-0.2, 0) is 28.6 Å². The Hall–Kier alpha value is -1.85. The molecule has 0 saturated heterocycles. The summed E-state index contributed by atoms with van der Waals surface area (Å²) in [4.78, 5) is 37.8. The molecule has 0 N–H and O–H groups in total. The summed E-state index contributed by atoms with van der Waals surface area (Å²) in [7, 11) is 0. The van der Waals surface area contributed by atoms with E-state index in [-0.39, 0.29) is 31.1 Å². The van der Waals surface area contributed by atoms with Gasteiger partial charge in [-0.05, 0) is 44.9 Å². The van der Waals surface area contributed by atoms with Crippen LogP contribution < -0.4 is 0 Å². The first kappa shape index (κ1) is 67.1. The van der Waals surface area contributed by atoms with Gasteiger partial charge in [0.05, 0.1) is 0 Å². The molecule has 6 heteroatoms. The molecule has 0 amide bonds. The Morgan fingerprint density at radius 3 is 0.725 bits per heavy atom. The lowest BCUT2D eigenvalue weighted by Crippen LogP contribution is -2.30. The number of hydrogen-bond donors (Lipinski definition) is 0. The first-order valence-electron chi connectivity index (χ1n) is 31.2. The summed E-state index contributed by atoms with van der Waals surface area (Å²) < 4.78 is 16.8. The van der Waals surface area contributed by atoms with Crippen LogP contribution in [-0.4, -0.2) is 37.2 Å². The standard InChI is InChI=1S/C63H120O6/c1-4-7-10-13-16-18-20-21-22-23-24-25-26-27-28-29-30-31-32-33-34-35-36-37-38-39-40-41-43-44-47-50-53-56-62(65)68-59-60(58-67-61(64)55-52-49-46-15-12-9-6-3)69-63(66)57-54-51-48-45-42-19-17-14-11-8-5-2/h23-24,60H,4-22,25-59H2,1-3H3/b24-23-. The summed E-state index contributed by atoms with van der Waals surface area (Å²) in [5.41, 5.74) is 0. The number of ether oxygens (including phenoxy) is 3. The van der Waals surface area contributed by atoms with E-state index in [0.29, 0.717) is 19.3 Å². The maximum Gasteiger partial charge on any atom is 0.306 e. The average molecular weight is 974 g/mol. The molecular formula is C63H120O6. The van der Waals surface area contributed by atoms with Crippen molar-refractivity contribution in [2.24, 2.45) is 0 Å². The fourth-order valence-electron chi connectivity index (χ4n) is 9.56. The molecule has 0 aliphatic rings. The van der Waals surface area contributed by atoms with Gasteiger partial charge in [0, 0.05) is 19.3 Å². The molecule has 0 aromatic carbocycles. The van der Waals surface area contributed by atoms with Crippen LogP contribution in [0.25, 0.3) is 0 Å². The fraction of sp³-hybridized carbons (Fsp3) is 0.921. The lowest BCUT2D eigenvalue weighted by molar-refractivity contribution is -0.167. The van der Waals surface area contributed by atoms with Crippen LogP contribution in [0, 0.1) is 0 Å². The molecule has 408 valence electrons. The second-order valence-corrected chi connectivity index (χ2v) is 21.3. The van der Waals surface area contributed by atoms with Crippen LogP contribution in [0.4, 0.5) is 0 Å². The molecule has 6 nitrogen and oxygen atoms in total. The number of unbranched alkanes of at least 4 members (excludes halogenated alkanes) is 45. The van der Waals surface area contributed by atoms with Crippen molar-refractivity contribution in [1.82, 2.24) is 0 Å². The summed E-state index contributed by atoms with van der Waals surface area (Å²) in [5.74, 6) is -0.850. The molecule has 0 aromatic heterocycles. The number of carbonyl (C=O) groups is 3. The lowest BCUT2D eigenvalue weighted by atomic mass is 10.0. The van der Waals surface area contributed by atoms with Crippen LogP contribution in [0.1, 0.15) is 355 Å². The first-order valence-corrected chi connectivity index (χ1v) is 31.2. The predicted octanol–water partition coefficient (Wildman–Crippen LogP) is 20.9. The van der Waals surface area contributed by atoms with E-state index in [1.165, 1.54) is 257 Å². The monoisotopic (exact) mass is 973 g/mol. The SMILES string of the molecule is CCCCCCCCCC/C=C\CCCCCCCCCCCCCCCCCCCCCCCC(=O)OCC(COC(=O)CCCCCCCCC)OC(=O)CCCCCCCCCCCCC. The van der Waals surface area contributed by atoms with Crippen molar-refractivity contribution in [2.75, 3.05) is 13.2 Å². The molecule has 0 saturated carbocycles. The Labute approximate surface area is 431 Å². The van der Waals surface area contributed by atoms with E-state index in [2.05, 4.69) is 32.9 Å². The van der Waals surface area contributed by atoms with Gasteiger partial charge in [-0.25, -0.2) is 0 Å². The van der Waals surface area contributed by atoms with Gasteiger partial charge < -0.3 is 14.2 Å². The number of esters is 3. The Bertz CT molecular complexity index is 1070. The minimum Gasteiger partial charge on any atom is -0.462 e. The minimum atomic E-state index is -0.760. The smallest absolute Gasteiger partial charge is 0.306 e. The molecule has 0 radical (unpaired) electrons. The van der Waals surface area contributed by atoms with Crippen molar-refractivity contribution in [3.63, 3.8) is 0 Å². The predicted molar refractivity (Wildman–Crippen MR) is 298 cm³/mol. The van der Waals surface area contributed by atoms with E-state index in [9.17, 15) is 14.4 Å². The molecule has 0 aromatic rings. The normalized spacial score (nSPS) is 12.0. The molecule has 69 heavy (non-hydrogen) atoms. The van der Waals surface area contributed by atoms with Crippen LogP contribution in [0.3, 0.4) is 0 Å². The number of rotatable bonds is 58. The molecule has 0 aliphatic carbocycles. The second kappa shape index (κ2) is 58.7. The molecule has 1 unspecified atom stereocenters. The highest BCUT2D eigenvalue weighted by atomic mass is 16.6. The highest BCUT2D eigenvalue weighted by Crippen LogP contribution is 2.18. The Morgan fingerprint density at radius 1 is 0.275 bits per heavy atom. The zero-order valence-electron chi connectivity index (χ0n) is 46.9. The van der Waals surface area contributed by atoms with E-state index < -0.39 is 6.10 Å². The molecule has 0 rings (SSSR count). The topological polar surface area (TPSA) is 78.9 Å². The molecule has 0 fully saturated rings. The summed E-state index contributed by atoms with van der Waals surface area (Å²) in [6, 6.07) is 0. The highest BCUT2D eigenvalue weighted by molar-refractivity contribution is 5.71. The van der Waals surface area contributed by atoms with E-state index in [1.807, 2.05) is 0 Å². The van der Waals surface area contributed by atoms with Crippen LogP contribution in [0.15, 0.2) is 12.2 Å². The van der Waals surface area contributed by atoms with Crippen molar-refractivity contribution in [3.05, 3.63) is 12.2 Å². The Morgan fingerprint density at radius 2 is 0.478 bits per heavy atom. The second-order valence-electron chi connectivity index (χ2n) is 21.3. The van der Waals surface area contributed by atoms with Crippen molar-refractivity contribution in [2.45, 2.75) is 361 Å². The molecule has 0 spiro atoms. The molecule has 0 heterocycles. The van der Waals surface area contributed by atoms with E-state index >= 15 is 0 Å². The van der Waals surface area contributed by atoms with E-state index in [0.717, 1.165) is 57.8 Å². The maximum atomic E-state index is 12.7. The molecule has 1 atom stereocenters. The Kier molecular flexibility index (Phi) is 57.1. The highest BCUT2D eigenvalue weighted by Gasteiger charge is 2.19. The van der Waals surface area contributed by atoms with Gasteiger partial charge >= 0.3 is 17.9 Å². The van der Waals surface area contributed by atoms with Crippen molar-refractivity contribution < 1.29 is 28.6 Å². The van der Waals surface area contributed by atoms with Gasteiger partial charge in [-0.2, -0.15) is 0 Å². The average Bonchev–Trinajstić information content (AvgIpc) is 3.35. The third kappa shape index (κ3) is 56.9. The van der Waals surface area contributed by atoms with Crippen LogP contribution in [0.5, 0.6) is 0 Å². The van der Waals surface area contributed by atoms with Gasteiger partial charge in [0.1, 0.15) is 13.2 Å². The van der Waals surface area contributed by atoms with Crippen molar-refractivity contribution in [1.29, 1.82) is 0 Å². The van der Waals surface area contributed by atoms with Gasteiger partial charge in [-0.15, -0.1) is 0 Å². The van der Waals surface area contributed by atoms with Crippen molar-refractivity contribution >= 4 is 17.9 Å². The van der Waals surface area contributed by atoms with Crippen LogP contribution in [0.2, 0.25) is 0 Å². The first-order chi connectivity index (χ1) is 34.0. The third-order valence-corrected chi connectivity index (χ3v) is 14.3. The van der Waals surface area contributed by atoms with Gasteiger partial charge in [-0.1, -0.05) is 303 Å². The molecule has 0 aliphatic heterocycles. The van der Waals surface area contributed by atoms with Crippen LogP contribution >= 0.6 is 0 Å². The zero-order valence-corrected chi connectivity index (χ0v) is 46.9. The quantitative estimate of drug-likeness (QED) is 0.0261. The number of hydrogen-bond acceptors (Lipinski definition) is 6. The van der Waals surface area contributed by atoms with Gasteiger partial charge in [-0.3, -0.25) is 14.4 Å². The van der Waals surface area contributed by atoms with Gasteiger partial charge in [0.2, 0.25) is 0 Å². The van der Waals surface area contributed by atoms with Crippen molar-refractivity contribution in [3.8, 4) is 0 Å². The third-order valence-electron chi connectivity index (χ3n) is 14.3. The molecular weight excluding hydrogens is 853 g/mol. The van der Waals surface area contributed by atoms with E-state index in [4.69, 9.17) is 14.2 Å². The van der Waals surface area contributed by atoms with Gasteiger partial charge in [0.15, 0.2) is 6.10 Å². The fourth-order valence-corrected chi connectivity index (χ4v) is 9.56. The van der Waals surface area contributed by atoms with Gasteiger partial charge in [0.25, 0.3) is 0 Å². The lowest BCUT2D eigenvalue weighted by Gasteiger charge is -2.18. The summed E-state index contributed by atoms with van der Waals surface area (Å²) >= 11 is 0. The maximum absolute atomic E-state index is 12.7. The summed E-state index contributed by atoms with van der Waals surface area (Å²) in [6.07, 6.45) is 68.4. The largest absolute Gasteiger partial charge is 0.462 e. The van der Waals surface area contributed by atoms with E-state index in [1.54, 1.807) is 0 Å². The minimum absolute atomic E-state index is 0.0636. The number of allylic oxidation sites excluding steroid dienone is 2. The Balaban J connectivity index is 3.86. The summed E-state index contributed by atoms with van der Waals surface area (Å²) in [5, 5.41) is 0.